The molecular formula is C8H5ClN2OS. The van der Waals surface area contributed by atoms with Crippen LogP contribution < -0.4 is 0 Å². The third kappa shape index (κ3) is 2.38. The molecule has 3 nitrogen and oxygen atoms in total. The molecule has 5 heteroatoms. The Hall–Kier alpha value is -1.18. The number of oxime groups is 1. The lowest BCUT2D eigenvalue weighted by Gasteiger charge is -2.00. The summed E-state index contributed by atoms with van der Waals surface area (Å²) in [5.74, 6) is 0. The highest BCUT2D eigenvalue weighted by Crippen LogP contribution is 2.26. The Morgan fingerprint density at radius 1 is 1.62 bits per heavy atom. The fourth-order valence-electron chi connectivity index (χ4n) is 0.838. The lowest BCUT2D eigenvalue weighted by molar-refractivity contribution is 0.322. The predicted octanol–water partition coefficient (Wildman–Crippen LogP) is 2.72. The van der Waals surface area contributed by atoms with Crippen molar-refractivity contribution in [2.75, 3.05) is 0 Å². The molecule has 0 saturated carbocycles. The van der Waals surface area contributed by atoms with E-state index >= 15 is 0 Å². The first-order valence-electron chi connectivity index (χ1n) is 3.31. The molecule has 0 heterocycles. The predicted molar refractivity (Wildman–Crippen MR) is 52.3 cm³/mol. The molecule has 0 fully saturated rings. The molecule has 0 aliphatic carbocycles. The van der Waals surface area contributed by atoms with Crippen LogP contribution in [0.25, 0.3) is 0 Å². The van der Waals surface area contributed by atoms with Crippen LogP contribution in [0.3, 0.4) is 0 Å². The molecule has 0 aliphatic heterocycles. The van der Waals surface area contributed by atoms with Gasteiger partial charge in [0.25, 0.3) is 0 Å². The van der Waals surface area contributed by atoms with Crippen molar-refractivity contribution in [3.63, 3.8) is 0 Å². The number of hydrogen-bond donors (Lipinski definition) is 1. The number of benzene rings is 1. The quantitative estimate of drug-likeness (QED) is 0.270. The van der Waals surface area contributed by atoms with Crippen LogP contribution in [0.5, 0.6) is 0 Å². The third-order valence-corrected chi connectivity index (χ3v) is 2.35. The lowest BCUT2D eigenvalue weighted by atomic mass is 10.2. The van der Waals surface area contributed by atoms with Gasteiger partial charge in [0, 0.05) is 10.5 Å². The number of thioether (sulfide) groups is 1. The molecule has 1 aromatic rings. The zero-order valence-corrected chi connectivity index (χ0v) is 8.01. The van der Waals surface area contributed by atoms with E-state index in [-0.39, 0.29) is 0 Å². The van der Waals surface area contributed by atoms with Gasteiger partial charge >= 0.3 is 0 Å². The number of rotatable bonds is 2. The fourth-order valence-corrected chi connectivity index (χ4v) is 1.64. The molecule has 0 radical (unpaired) electrons. The molecule has 1 rings (SSSR count). The van der Waals surface area contributed by atoms with Crippen LogP contribution >= 0.6 is 23.4 Å². The molecule has 0 aliphatic rings. The van der Waals surface area contributed by atoms with Crippen molar-refractivity contribution in [1.82, 2.24) is 0 Å². The van der Waals surface area contributed by atoms with Crippen molar-refractivity contribution in [2.45, 2.75) is 4.90 Å². The molecular weight excluding hydrogens is 208 g/mol. The van der Waals surface area contributed by atoms with Crippen LogP contribution in [0.2, 0.25) is 5.02 Å². The Balaban J connectivity index is 3.18. The van der Waals surface area contributed by atoms with Gasteiger partial charge in [-0.15, -0.1) is 0 Å². The minimum Gasteiger partial charge on any atom is -0.411 e. The van der Waals surface area contributed by atoms with Crippen molar-refractivity contribution in [3.8, 4) is 5.40 Å². The maximum absolute atomic E-state index is 8.47. The van der Waals surface area contributed by atoms with E-state index in [1.807, 2.05) is 5.40 Å². The second-order valence-corrected chi connectivity index (χ2v) is 3.32. The van der Waals surface area contributed by atoms with Crippen molar-refractivity contribution in [2.24, 2.45) is 5.16 Å². The highest BCUT2D eigenvalue weighted by atomic mass is 35.5. The lowest BCUT2D eigenvalue weighted by Crippen LogP contribution is -1.86. The molecule has 0 unspecified atom stereocenters. The smallest absolute Gasteiger partial charge is 0.138 e. The first-order chi connectivity index (χ1) is 6.29. The van der Waals surface area contributed by atoms with Crippen LogP contribution in [-0.4, -0.2) is 11.4 Å². The second-order valence-electron chi connectivity index (χ2n) is 2.09. The van der Waals surface area contributed by atoms with E-state index in [1.165, 1.54) is 6.21 Å². The fraction of sp³-hybridized carbons (Fsp3) is 0. The van der Waals surface area contributed by atoms with Crippen molar-refractivity contribution in [3.05, 3.63) is 28.8 Å². The van der Waals surface area contributed by atoms with Gasteiger partial charge in [-0.05, 0) is 23.9 Å². The summed E-state index contributed by atoms with van der Waals surface area (Å²) in [7, 11) is 0. The number of thiocyanates is 1. The average molecular weight is 213 g/mol. The Bertz CT molecular complexity index is 373. The van der Waals surface area contributed by atoms with Gasteiger partial charge in [0.05, 0.1) is 11.2 Å². The molecule has 1 aromatic carbocycles. The van der Waals surface area contributed by atoms with Crippen LogP contribution in [0.15, 0.2) is 28.3 Å². The summed E-state index contributed by atoms with van der Waals surface area (Å²) >= 11 is 6.79. The molecule has 0 spiro atoms. The van der Waals surface area contributed by atoms with Gasteiger partial charge < -0.3 is 5.21 Å². The molecule has 0 atom stereocenters. The monoisotopic (exact) mass is 212 g/mol. The molecule has 0 bridgehead atoms. The number of halogens is 1. The maximum atomic E-state index is 8.47. The van der Waals surface area contributed by atoms with E-state index in [9.17, 15) is 0 Å². The van der Waals surface area contributed by atoms with Crippen molar-refractivity contribution in [1.29, 1.82) is 5.26 Å². The maximum Gasteiger partial charge on any atom is 0.138 e. The highest BCUT2D eigenvalue weighted by Gasteiger charge is 2.04. The SMILES string of the molecule is N#CSc1cccc(Cl)c1C=NO. The van der Waals surface area contributed by atoms with Gasteiger partial charge in [-0.1, -0.05) is 22.8 Å². The Kier molecular flexibility index (Phi) is 3.62. The molecule has 0 saturated heterocycles. The second kappa shape index (κ2) is 4.75. The van der Waals surface area contributed by atoms with E-state index in [2.05, 4.69) is 5.16 Å². The highest BCUT2D eigenvalue weighted by molar-refractivity contribution is 8.03. The Morgan fingerprint density at radius 2 is 2.38 bits per heavy atom. The zero-order valence-electron chi connectivity index (χ0n) is 6.44. The van der Waals surface area contributed by atoms with Gasteiger partial charge in [-0.2, -0.15) is 5.26 Å². The van der Waals surface area contributed by atoms with Crippen LogP contribution in [0.4, 0.5) is 0 Å². The van der Waals surface area contributed by atoms with E-state index in [4.69, 9.17) is 22.1 Å². The van der Waals surface area contributed by atoms with Gasteiger partial charge in [0.2, 0.25) is 0 Å². The summed E-state index contributed by atoms with van der Waals surface area (Å²) in [6, 6.07) is 5.13. The van der Waals surface area contributed by atoms with Crippen LogP contribution in [0, 0.1) is 10.7 Å². The summed E-state index contributed by atoms with van der Waals surface area (Å²) in [5, 5.41) is 22.1. The molecule has 0 aromatic heterocycles. The van der Waals surface area contributed by atoms with Gasteiger partial charge in [-0.25, -0.2) is 0 Å². The first kappa shape index (κ1) is 9.90. The zero-order chi connectivity index (χ0) is 9.68. The standard InChI is InChI=1S/C8H5ClN2OS/c9-7-2-1-3-8(13-5-10)6(7)4-11-12/h1-4,12H. The van der Waals surface area contributed by atoms with Crippen LogP contribution in [0.1, 0.15) is 5.56 Å². The first-order valence-corrected chi connectivity index (χ1v) is 4.51. The normalized spacial score (nSPS) is 10.2. The third-order valence-electron chi connectivity index (χ3n) is 1.36. The molecule has 66 valence electrons. The van der Waals surface area contributed by atoms with Gasteiger partial charge in [0.15, 0.2) is 0 Å². The topological polar surface area (TPSA) is 56.4 Å². The summed E-state index contributed by atoms with van der Waals surface area (Å²) in [6.07, 6.45) is 1.21. The largest absolute Gasteiger partial charge is 0.411 e. The van der Waals surface area contributed by atoms with Crippen molar-refractivity contribution >= 4 is 29.6 Å². The summed E-state index contributed by atoms with van der Waals surface area (Å²) in [5.41, 5.74) is 0.554. The van der Waals surface area contributed by atoms with E-state index in [0.29, 0.717) is 15.5 Å². The summed E-state index contributed by atoms with van der Waals surface area (Å²) < 4.78 is 0. The minimum absolute atomic E-state index is 0.457. The Morgan fingerprint density at radius 3 is 3.00 bits per heavy atom. The summed E-state index contributed by atoms with van der Waals surface area (Å²) in [4.78, 5) is 0.674. The number of nitriles is 1. The number of hydrogen-bond acceptors (Lipinski definition) is 4. The Labute approximate surface area is 84.6 Å². The molecule has 0 amide bonds. The van der Waals surface area contributed by atoms with E-state index in [0.717, 1.165) is 11.8 Å². The summed E-state index contributed by atoms with van der Waals surface area (Å²) in [6.45, 7) is 0. The van der Waals surface area contributed by atoms with Gasteiger partial charge in [-0.3, -0.25) is 0 Å². The number of nitrogens with zero attached hydrogens (tertiary/aromatic N) is 2. The van der Waals surface area contributed by atoms with Gasteiger partial charge in [0.1, 0.15) is 5.40 Å². The minimum atomic E-state index is 0.457. The van der Waals surface area contributed by atoms with Crippen molar-refractivity contribution < 1.29 is 5.21 Å². The van der Waals surface area contributed by atoms with Crippen LogP contribution in [-0.2, 0) is 0 Å². The molecule has 1 N–H and O–H groups in total. The average Bonchev–Trinajstić information content (AvgIpc) is 2.11. The van der Waals surface area contributed by atoms with E-state index < -0.39 is 0 Å². The molecule has 13 heavy (non-hydrogen) atoms. The van der Waals surface area contributed by atoms with E-state index in [1.54, 1.807) is 18.2 Å².